The van der Waals surface area contributed by atoms with Crippen LogP contribution < -0.4 is 10.2 Å². The fourth-order valence-corrected chi connectivity index (χ4v) is 2.79. The largest absolute Gasteiger partial charge is 0.364 e. The Kier molecular flexibility index (Phi) is 2.67. The summed E-state index contributed by atoms with van der Waals surface area (Å²) in [5.41, 5.74) is 6.09. The number of nitrogens with zero attached hydrogens (tertiary/aromatic N) is 1. The normalized spacial score (nSPS) is 22.4. The molecule has 0 saturated carbocycles. The molecule has 1 atom stereocenters. The van der Waals surface area contributed by atoms with Crippen LogP contribution >= 0.6 is 0 Å². The van der Waals surface area contributed by atoms with Crippen molar-refractivity contribution in [3.05, 3.63) is 41.0 Å². The van der Waals surface area contributed by atoms with E-state index in [0.29, 0.717) is 6.04 Å². The van der Waals surface area contributed by atoms with Crippen molar-refractivity contribution in [1.82, 2.24) is 5.32 Å². The van der Waals surface area contributed by atoms with Crippen molar-refractivity contribution >= 4 is 5.69 Å². The molecule has 0 radical (unpaired) electrons. The number of para-hydroxylation sites is 1. The van der Waals surface area contributed by atoms with Gasteiger partial charge in [0.25, 0.3) is 0 Å². The number of benzene rings is 1. The third kappa shape index (κ3) is 1.87. The highest BCUT2D eigenvalue weighted by molar-refractivity contribution is 5.60. The van der Waals surface area contributed by atoms with Gasteiger partial charge in [0.2, 0.25) is 0 Å². The molecule has 17 heavy (non-hydrogen) atoms. The van der Waals surface area contributed by atoms with E-state index in [1.165, 1.54) is 17.7 Å². The molecule has 1 N–H and O–H groups in total. The van der Waals surface area contributed by atoms with Gasteiger partial charge in [0.05, 0.1) is 0 Å². The molecule has 0 aromatic heterocycles. The molecule has 1 aromatic carbocycles. The average molecular weight is 228 g/mol. The second-order valence-electron chi connectivity index (χ2n) is 5.30. The Bertz CT molecular complexity index is 456. The van der Waals surface area contributed by atoms with Crippen LogP contribution in [0.3, 0.4) is 0 Å². The van der Waals surface area contributed by atoms with Gasteiger partial charge in [0.1, 0.15) is 0 Å². The first kappa shape index (κ1) is 10.8. The quantitative estimate of drug-likeness (QED) is 0.782. The van der Waals surface area contributed by atoms with Crippen LogP contribution in [0, 0.1) is 0 Å². The lowest BCUT2D eigenvalue weighted by Crippen LogP contribution is -2.38. The maximum Gasteiger partial charge on any atom is 0.0404 e. The summed E-state index contributed by atoms with van der Waals surface area (Å²) in [6.45, 7) is 7.89. The van der Waals surface area contributed by atoms with Crippen molar-refractivity contribution in [3.8, 4) is 0 Å². The lowest BCUT2D eigenvalue weighted by atomic mass is 10.0. The maximum absolute atomic E-state index is 3.32. The molecule has 2 nitrogen and oxygen atoms in total. The molecule has 2 aliphatic rings. The molecular weight excluding hydrogens is 208 g/mol. The number of hydrogen-bond acceptors (Lipinski definition) is 2. The fourth-order valence-electron chi connectivity index (χ4n) is 2.79. The lowest BCUT2D eigenvalue weighted by Gasteiger charge is -2.29. The summed E-state index contributed by atoms with van der Waals surface area (Å²) in [4.78, 5) is 2.55. The molecule has 1 fully saturated rings. The topological polar surface area (TPSA) is 15.3 Å². The average Bonchev–Trinajstić information content (AvgIpc) is 2.53. The van der Waals surface area contributed by atoms with E-state index in [1.807, 2.05) is 0 Å². The smallest absolute Gasteiger partial charge is 0.0404 e. The Labute approximate surface area is 103 Å². The zero-order chi connectivity index (χ0) is 11.8. The molecule has 0 amide bonds. The summed E-state index contributed by atoms with van der Waals surface area (Å²) in [6, 6.07) is 9.46. The van der Waals surface area contributed by atoms with Gasteiger partial charge >= 0.3 is 0 Å². The third-order valence-electron chi connectivity index (χ3n) is 4.04. The highest BCUT2D eigenvalue weighted by Crippen LogP contribution is 2.32. The Morgan fingerprint density at radius 1 is 1.35 bits per heavy atom. The molecular formula is C15H20N2. The van der Waals surface area contributed by atoms with Crippen molar-refractivity contribution < 1.29 is 0 Å². The van der Waals surface area contributed by atoms with Gasteiger partial charge in [0.15, 0.2) is 0 Å². The minimum absolute atomic E-state index is 0.635. The first-order valence-electron chi connectivity index (χ1n) is 6.48. The first-order valence-corrected chi connectivity index (χ1v) is 6.48. The van der Waals surface area contributed by atoms with Gasteiger partial charge in [-0.2, -0.15) is 0 Å². The van der Waals surface area contributed by atoms with Crippen LogP contribution in [0.4, 0.5) is 5.69 Å². The molecule has 2 heterocycles. The van der Waals surface area contributed by atoms with Crippen LogP contribution in [0.25, 0.3) is 0 Å². The Balaban J connectivity index is 1.84. The number of anilines is 1. The molecule has 1 unspecified atom stereocenters. The van der Waals surface area contributed by atoms with E-state index in [-0.39, 0.29) is 0 Å². The zero-order valence-electron chi connectivity index (χ0n) is 10.7. The number of fused-ring (bicyclic) bond motifs is 1. The number of rotatable bonds is 2. The number of nitrogens with one attached hydrogen (secondary N) is 1. The van der Waals surface area contributed by atoms with Crippen LogP contribution in [0.1, 0.15) is 19.4 Å². The SMILES string of the molecule is CC(CN1c2ccccc2CC1C)=C1CNC1. The summed E-state index contributed by atoms with van der Waals surface area (Å²) in [5, 5.41) is 3.32. The van der Waals surface area contributed by atoms with Gasteiger partial charge < -0.3 is 10.2 Å². The van der Waals surface area contributed by atoms with Crippen molar-refractivity contribution in [2.75, 3.05) is 24.5 Å². The van der Waals surface area contributed by atoms with Gasteiger partial charge in [0, 0.05) is 31.4 Å². The van der Waals surface area contributed by atoms with Crippen molar-refractivity contribution in [2.24, 2.45) is 0 Å². The summed E-state index contributed by atoms with van der Waals surface area (Å²) in [5.74, 6) is 0. The minimum atomic E-state index is 0.635. The predicted molar refractivity (Wildman–Crippen MR) is 72.5 cm³/mol. The molecule has 2 aliphatic heterocycles. The van der Waals surface area contributed by atoms with E-state index >= 15 is 0 Å². The van der Waals surface area contributed by atoms with Crippen LogP contribution in [-0.2, 0) is 6.42 Å². The van der Waals surface area contributed by atoms with Crippen LogP contribution in [0.2, 0.25) is 0 Å². The highest BCUT2D eigenvalue weighted by atomic mass is 15.2. The standard InChI is InChI=1S/C15H20N2/c1-11(14-8-16-9-14)10-17-12(2)7-13-5-3-4-6-15(13)17/h3-6,12,16H,7-10H2,1-2H3. The molecule has 1 aromatic rings. The highest BCUT2D eigenvalue weighted by Gasteiger charge is 2.26. The summed E-state index contributed by atoms with van der Waals surface area (Å²) >= 11 is 0. The van der Waals surface area contributed by atoms with Gasteiger partial charge in [-0.25, -0.2) is 0 Å². The van der Waals surface area contributed by atoms with E-state index in [2.05, 4.69) is 48.3 Å². The summed E-state index contributed by atoms with van der Waals surface area (Å²) < 4.78 is 0. The lowest BCUT2D eigenvalue weighted by molar-refractivity contribution is 0.640. The molecule has 0 bridgehead atoms. The fraction of sp³-hybridized carbons (Fsp3) is 0.467. The minimum Gasteiger partial charge on any atom is -0.364 e. The Morgan fingerprint density at radius 3 is 2.82 bits per heavy atom. The molecule has 2 heteroatoms. The van der Waals surface area contributed by atoms with E-state index in [9.17, 15) is 0 Å². The molecule has 3 rings (SSSR count). The van der Waals surface area contributed by atoms with E-state index in [4.69, 9.17) is 0 Å². The second-order valence-corrected chi connectivity index (χ2v) is 5.30. The van der Waals surface area contributed by atoms with Crippen LogP contribution in [-0.4, -0.2) is 25.7 Å². The second kappa shape index (κ2) is 4.19. The Morgan fingerprint density at radius 2 is 2.12 bits per heavy atom. The van der Waals surface area contributed by atoms with E-state index < -0.39 is 0 Å². The summed E-state index contributed by atoms with van der Waals surface area (Å²) in [6.07, 6.45) is 1.19. The molecule has 0 aliphatic carbocycles. The van der Waals surface area contributed by atoms with Gasteiger partial charge in [-0.3, -0.25) is 0 Å². The predicted octanol–water partition coefficient (Wildman–Crippen LogP) is 2.36. The zero-order valence-corrected chi connectivity index (χ0v) is 10.7. The van der Waals surface area contributed by atoms with E-state index in [0.717, 1.165) is 19.6 Å². The number of hydrogen-bond donors (Lipinski definition) is 1. The van der Waals surface area contributed by atoms with Gasteiger partial charge in [-0.1, -0.05) is 23.8 Å². The maximum atomic E-state index is 3.32. The molecule has 1 saturated heterocycles. The first-order chi connectivity index (χ1) is 8.25. The van der Waals surface area contributed by atoms with Gasteiger partial charge in [-0.05, 0) is 37.5 Å². The van der Waals surface area contributed by atoms with Crippen molar-refractivity contribution in [2.45, 2.75) is 26.3 Å². The third-order valence-corrected chi connectivity index (χ3v) is 4.04. The molecule has 90 valence electrons. The Hall–Kier alpha value is -1.28. The van der Waals surface area contributed by atoms with Gasteiger partial charge in [-0.15, -0.1) is 0 Å². The van der Waals surface area contributed by atoms with Crippen LogP contribution in [0.5, 0.6) is 0 Å². The molecule has 0 spiro atoms. The van der Waals surface area contributed by atoms with Crippen LogP contribution in [0.15, 0.2) is 35.4 Å². The van der Waals surface area contributed by atoms with E-state index in [1.54, 1.807) is 11.1 Å². The van der Waals surface area contributed by atoms with Crippen molar-refractivity contribution in [3.63, 3.8) is 0 Å². The monoisotopic (exact) mass is 228 g/mol. The van der Waals surface area contributed by atoms with Crippen molar-refractivity contribution in [1.29, 1.82) is 0 Å². The summed E-state index contributed by atoms with van der Waals surface area (Å²) in [7, 11) is 0.